The fourth-order valence-electron chi connectivity index (χ4n) is 1.64. The molecule has 0 aromatic heterocycles. The molecule has 0 bridgehead atoms. The standard InChI is InChI=1S/C11H10F5NO3.ClH/c12-10(13,11(14,15)16)9(20,7(17)8(18)19)6-4-2-1-3-5-6;/h1-5,7,20H,17H2,(H,18,19);1H. The van der Waals surface area contributed by atoms with Crippen molar-refractivity contribution in [2.24, 2.45) is 5.73 Å². The lowest BCUT2D eigenvalue weighted by Crippen LogP contribution is -2.65. The van der Waals surface area contributed by atoms with Crippen LogP contribution in [-0.4, -0.2) is 34.3 Å². The van der Waals surface area contributed by atoms with Gasteiger partial charge in [-0.25, -0.2) is 0 Å². The zero-order valence-electron chi connectivity index (χ0n) is 10.1. The van der Waals surface area contributed by atoms with Gasteiger partial charge in [0.25, 0.3) is 0 Å². The lowest BCUT2D eigenvalue weighted by Gasteiger charge is -2.39. The van der Waals surface area contributed by atoms with Crippen molar-refractivity contribution in [3.05, 3.63) is 35.9 Å². The van der Waals surface area contributed by atoms with Crippen molar-refractivity contribution in [2.75, 3.05) is 0 Å². The first-order valence-electron chi connectivity index (χ1n) is 5.17. The van der Waals surface area contributed by atoms with E-state index in [0.29, 0.717) is 0 Å². The molecule has 2 atom stereocenters. The van der Waals surface area contributed by atoms with Crippen LogP contribution in [0.2, 0.25) is 0 Å². The highest BCUT2D eigenvalue weighted by Gasteiger charge is 2.73. The molecule has 1 rings (SSSR count). The van der Waals surface area contributed by atoms with Crippen molar-refractivity contribution in [2.45, 2.75) is 23.7 Å². The molecule has 1 aromatic rings. The van der Waals surface area contributed by atoms with Gasteiger partial charge in [0, 0.05) is 0 Å². The van der Waals surface area contributed by atoms with Crippen LogP contribution in [0.3, 0.4) is 0 Å². The molecule has 0 aliphatic carbocycles. The summed E-state index contributed by atoms with van der Waals surface area (Å²) in [6, 6.07) is 2.04. The minimum atomic E-state index is -6.18. The number of rotatable bonds is 4. The monoisotopic (exact) mass is 335 g/mol. The molecule has 0 radical (unpaired) electrons. The summed E-state index contributed by atoms with van der Waals surface area (Å²) < 4.78 is 64.6. The number of nitrogens with two attached hydrogens (primary N) is 1. The van der Waals surface area contributed by atoms with Crippen molar-refractivity contribution in [1.29, 1.82) is 0 Å². The van der Waals surface area contributed by atoms with Crippen LogP contribution in [-0.2, 0) is 10.4 Å². The van der Waals surface area contributed by atoms with E-state index in [-0.39, 0.29) is 12.4 Å². The fourth-order valence-corrected chi connectivity index (χ4v) is 1.64. The molecule has 10 heteroatoms. The van der Waals surface area contributed by atoms with E-state index in [0.717, 1.165) is 24.3 Å². The molecule has 4 N–H and O–H groups in total. The lowest BCUT2D eigenvalue weighted by molar-refractivity contribution is -0.349. The number of hydrogen-bond donors (Lipinski definition) is 3. The molecule has 0 saturated heterocycles. The number of carbonyl (C=O) groups is 1. The third kappa shape index (κ3) is 3.09. The number of hydrogen-bond acceptors (Lipinski definition) is 3. The van der Waals surface area contributed by atoms with E-state index < -0.39 is 35.3 Å². The van der Waals surface area contributed by atoms with Gasteiger partial charge in [-0.15, -0.1) is 12.4 Å². The second-order valence-electron chi connectivity index (χ2n) is 4.02. The Morgan fingerprint density at radius 2 is 1.52 bits per heavy atom. The number of benzene rings is 1. The highest BCUT2D eigenvalue weighted by Crippen LogP contribution is 2.49. The summed E-state index contributed by atoms with van der Waals surface area (Å²) in [4.78, 5) is 10.7. The van der Waals surface area contributed by atoms with Crippen LogP contribution < -0.4 is 5.73 Å². The molecule has 120 valence electrons. The minimum absolute atomic E-state index is 0. The molecule has 0 heterocycles. The van der Waals surface area contributed by atoms with Crippen molar-refractivity contribution < 1.29 is 37.0 Å². The van der Waals surface area contributed by atoms with Gasteiger partial charge in [0.1, 0.15) is 6.04 Å². The summed E-state index contributed by atoms with van der Waals surface area (Å²) in [7, 11) is 0. The summed E-state index contributed by atoms with van der Waals surface area (Å²) in [5, 5.41) is 18.4. The van der Waals surface area contributed by atoms with Gasteiger partial charge < -0.3 is 15.9 Å². The molecule has 4 nitrogen and oxygen atoms in total. The van der Waals surface area contributed by atoms with Gasteiger partial charge in [-0.2, -0.15) is 22.0 Å². The number of alkyl halides is 5. The second kappa shape index (κ2) is 6.12. The lowest BCUT2D eigenvalue weighted by atomic mass is 9.80. The maximum absolute atomic E-state index is 13.6. The minimum Gasteiger partial charge on any atom is -0.480 e. The van der Waals surface area contributed by atoms with E-state index in [2.05, 4.69) is 0 Å². The van der Waals surface area contributed by atoms with Crippen molar-refractivity contribution in [3.8, 4) is 0 Å². The van der Waals surface area contributed by atoms with Crippen LogP contribution in [0.25, 0.3) is 0 Å². The van der Waals surface area contributed by atoms with E-state index in [1.165, 1.54) is 6.07 Å². The summed E-state index contributed by atoms with van der Waals surface area (Å²) in [5.74, 6) is -7.95. The molecule has 0 amide bonds. The van der Waals surface area contributed by atoms with Gasteiger partial charge >= 0.3 is 18.1 Å². The van der Waals surface area contributed by atoms with Gasteiger partial charge in [-0.3, -0.25) is 4.79 Å². The number of carboxylic acid groups (broad SMARTS) is 1. The normalized spacial score (nSPS) is 16.5. The summed E-state index contributed by atoms with van der Waals surface area (Å²) >= 11 is 0. The Labute approximate surface area is 121 Å². The van der Waals surface area contributed by atoms with Crippen LogP contribution in [0.5, 0.6) is 0 Å². The molecule has 0 fully saturated rings. The van der Waals surface area contributed by atoms with Gasteiger partial charge in [-0.1, -0.05) is 30.3 Å². The number of halogens is 6. The zero-order valence-corrected chi connectivity index (χ0v) is 11.0. The summed E-state index contributed by atoms with van der Waals surface area (Å²) in [5.41, 5.74) is -0.193. The van der Waals surface area contributed by atoms with Crippen LogP contribution in [0, 0.1) is 0 Å². The molecule has 1 aromatic carbocycles. The topological polar surface area (TPSA) is 83.6 Å². The van der Waals surface area contributed by atoms with E-state index in [1.807, 2.05) is 0 Å². The molecule has 0 spiro atoms. The molecule has 0 aliphatic rings. The molecule has 21 heavy (non-hydrogen) atoms. The Morgan fingerprint density at radius 3 is 1.86 bits per heavy atom. The predicted octanol–water partition coefficient (Wildman–Crippen LogP) is 1.91. The van der Waals surface area contributed by atoms with Crippen LogP contribution in [0.1, 0.15) is 5.56 Å². The predicted molar refractivity (Wildman–Crippen MR) is 64.2 cm³/mol. The number of aliphatic hydroxyl groups is 1. The van der Waals surface area contributed by atoms with Crippen LogP contribution >= 0.6 is 12.4 Å². The number of aliphatic carboxylic acids is 1. The maximum atomic E-state index is 13.6. The van der Waals surface area contributed by atoms with E-state index >= 15 is 0 Å². The van der Waals surface area contributed by atoms with Crippen LogP contribution in [0.4, 0.5) is 22.0 Å². The average Bonchev–Trinajstić information content (AvgIpc) is 2.36. The fraction of sp³-hybridized carbons (Fsp3) is 0.364. The Bertz CT molecular complexity index is 496. The van der Waals surface area contributed by atoms with Gasteiger partial charge in [0.05, 0.1) is 0 Å². The number of carboxylic acids is 1. The third-order valence-electron chi connectivity index (χ3n) is 2.76. The molecule has 2 unspecified atom stereocenters. The van der Waals surface area contributed by atoms with E-state index in [1.54, 1.807) is 0 Å². The van der Waals surface area contributed by atoms with Crippen molar-refractivity contribution in [3.63, 3.8) is 0 Å². The Hall–Kier alpha value is -1.45. The Morgan fingerprint density at radius 1 is 1.10 bits per heavy atom. The van der Waals surface area contributed by atoms with Crippen molar-refractivity contribution in [1.82, 2.24) is 0 Å². The maximum Gasteiger partial charge on any atom is 0.456 e. The highest BCUT2D eigenvalue weighted by molar-refractivity contribution is 5.85. The first kappa shape index (κ1) is 19.6. The van der Waals surface area contributed by atoms with Gasteiger partial charge in [0.2, 0.25) is 0 Å². The van der Waals surface area contributed by atoms with Gasteiger partial charge in [-0.05, 0) is 5.56 Å². The SMILES string of the molecule is Cl.NC(C(=O)O)C(O)(c1ccccc1)C(F)(F)C(F)(F)F. The first-order chi connectivity index (χ1) is 8.96. The Kier molecular flexibility index (Phi) is 5.70. The molecule has 0 aliphatic heterocycles. The quantitative estimate of drug-likeness (QED) is 0.734. The third-order valence-corrected chi connectivity index (χ3v) is 2.76. The molecular weight excluding hydrogens is 325 g/mol. The smallest absolute Gasteiger partial charge is 0.456 e. The highest BCUT2D eigenvalue weighted by atomic mass is 35.5. The average molecular weight is 336 g/mol. The van der Waals surface area contributed by atoms with Gasteiger partial charge in [0.15, 0.2) is 5.60 Å². The first-order valence-corrected chi connectivity index (χ1v) is 5.17. The van der Waals surface area contributed by atoms with Crippen molar-refractivity contribution >= 4 is 18.4 Å². The van der Waals surface area contributed by atoms with E-state index in [4.69, 9.17) is 10.8 Å². The van der Waals surface area contributed by atoms with Crippen LogP contribution in [0.15, 0.2) is 30.3 Å². The van der Waals surface area contributed by atoms with E-state index in [9.17, 15) is 31.9 Å². The zero-order chi connectivity index (χ0) is 15.8. The Balaban J connectivity index is 0.00000400. The summed E-state index contributed by atoms with van der Waals surface area (Å²) in [6.07, 6.45) is -6.18. The molecule has 0 saturated carbocycles. The second-order valence-corrected chi connectivity index (χ2v) is 4.02. The summed E-state index contributed by atoms with van der Waals surface area (Å²) in [6.45, 7) is 0. The molecular formula is C11H11ClF5NO3. The largest absolute Gasteiger partial charge is 0.480 e.